The molecule has 0 radical (unpaired) electrons. The molecule has 1 aromatic carbocycles. The summed E-state index contributed by atoms with van der Waals surface area (Å²) >= 11 is 1.88. The third-order valence-corrected chi connectivity index (χ3v) is 7.08. The smallest absolute Gasteiger partial charge is 0.267 e. The van der Waals surface area contributed by atoms with Crippen LogP contribution in [0.4, 0.5) is 5.69 Å². The van der Waals surface area contributed by atoms with Crippen LogP contribution in [0.5, 0.6) is 0 Å². The van der Waals surface area contributed by atoms with Gasteiger partial charge < -0.3 is 4.90 Å². The van der Waals surface area contributed by atoms with Gasteiger partial charge in [-0.2, -0.15) is 16.9 Å². The maximum absolute atomic E-state index is 12.4. The van der Waals surface area contributed by atoms with E-state index in [1.54, 1.807) is 10.7 Å². The molecule has 0 bridgehead atoms. The molecule has 0 aliphatic carbocycles. The first-order valence-corrected chi connectivity index (χ1v) is 11.8. The highest BCUT2D eigenvalue weighted by Gasteiger charge is 2.20. The number of hydrogen-bond acceptors (Lipinski definition) is 6. The van der Waals surface area contributed by atoms with Gasteiger partial charge in [-0.15, -0.1) is 0 Å². The van der Waals surface area contributed by atoms with Crippen LogP contribution in [-0.2, 0) is 18.7 Å². The zero-order valence-corrected chi connectivity index (χ0v) is 18.2. The summed E-state index contributed by atoms with van der Waals surface area (Å²) in [6.45, 7) is 7.54. The van der Waals surface area contributed by atoms with Gasteiger partial charge in [-0.05, 0) is 30.4 Å². The van der Waals surface area contributed by atoms with Crippen molar-refractivity contribution in [1.82, 2.24) is 19.7 Å². The highest BCUT2D eigenvalue weighted by Crippen LogP contribution is 2.27. The molecule has 2 aromatic heterocycles. The molecule has 0 amide bonds. The maximum atomic E-state index is 12.4. The van der Waals surface area contributed by atoms with Crippen molar-refractivity contribution in [3.05, 3.63) is 63.7 Å². The number of anilines is 1. The lowest BCUT2D eigenvalue weighted by Gasteiger charge is -2.36. The summed E-state index contributed by atoms with van der Waals surface area (Å²) in [6, 6.07) is 12.4. The number of aryl methyl sites for hydroxylation is 2. The van der Waals surface area contributed by atoms with Crippen LogP contribution in [-0.4, -0.2) is 58.1 Å². The van der Waals surface area contributed by atoms with Crippen molar-refractivity contribution in [3.63, 3.8) is 0 Å². The fourth-order valence-electron chi connectivity index (χ4n) is 4.41. The predicted molar refractivity (Wildman–Crippen MR) is 123 cm³/mol. The zero-order chi connectivity index (χ0) is 20.5. The molecule has 3 aromatic rings. The largest absolute Gasteiger partial charge is 0.368 e. The third-order valence-electron chi connectivity index (χ3n) is 6.07. The second kappa shape index (κ2) is 8.40. The summed E-state index contributed by atoms with van der Waals surface area (Å²) in [4.78, 5) is 22.0. The van der Waals surface area contributed by atoms with E-state index < -0.39 is 0 Å². The number of thioether (sulfide) groups is 1. The zero-order valence-electron chi connectivity index (χ0n) is 17.4. The molecule has 0 spiro atoms. The summed E-state index contributed by atoms with van der Waals surface area (Å²) < 4.78 is 1.67. The van der Waals surface area contributed by atoms with Gasteiger partial charge in [0.05, 0.1) is 17.8 Å². The van der Waals surface area contributed by atoms with E-state index in [1.807, 2.05) is 17.8 Å². The highest BCUT2D eigenvalue weighted by atomic mass is 32.2. The molecule has 5 rings (SSSR count). The van der Waals surface area contributed by atoms with Crippen LogP contribution in [0.15, 0.2) is 41.2 Å². The molecule has 1 fully saturated rings. The first-order chi connectivity index (χ1) is 14.7. The molecule has 0 saturated carbocycles. The van der Waals surface area contributed by atoms with Gasteiger partial charge in [0.2, 0.25) is 0 Å². The van der Waals surface area contributed by atoms with Crippen molar-refractivity contribution in [2.24, 2.45) is 0 Å². The van der Waals surface area contributed by atoms with E-state index in [9.17, 15) is 4.79 Å². The Kier molecular flexibility index (Phi) is 5.48. The molecule has 156 valence electrons. The van der Waals surface area contributed by atoms with Crippen molar-refractivity contribution in [2.45, 2.75) is 25.6 Å². The number of rotatable bonds is 4. The van der Waals surface area contributed by atoms with Gasteiger partial charge in [0.15, 0.2) is 0 Å². The molecule has 30 heavy (non-hydrogen) atoms. The van der Waals surface area contributed by atoms with E-state index in [1.165, 1.54) is 11.1 Å². The van der Waals surface area contributed by atoms with Gasteiger partial charge in [-0.25, -0.2) is 4.68 Å². The lowest BCUT2D eigenvalue weighted by molar-refractivity contribution is 0.242. The molecule has 7 heteroatoms. The van der Waals surface area contributed by atoms with E-state index in [-0.39, 0.29) is 5.56 Å². The minimum Gasteiger partial charge on any atom is -0.368 e. The molecule has 1 saturated heterocycles. The number of fused-ring (bicyclic) bond motifs is 2. The second-order valence-electron chi connectivity index (χ2n) is 8.11. The lowest BCUT2D eigenvalue weighted by atomic mass is 10.1. The fraction of sp³-hybridized carbons (Fsp3) is 0.435. The van der Waals surface area contributed by atoms with E-state index in [2.05, 4.69) is 51.1 Å². The molecule has 4 heterocycles. The standard InChI is InChI=1S/C23H27N5OS/c1-17-14-22(19-4-2-3-5-21(19)24-17)27-10-7-26(8-11-27)9-12-28-23(29)15-18-16-30-13-6-20(18)25-28/h2-5,14-15H,6-13,16H2,1H3. The normalized spacial score (nSPS) is 17.3. The van der Waals surface area contributed by atoms with Crippen LogP contribution in [0.1, 0.15) is 17.0 Å². The van der Waals surface area contributed by atoms with Crippen LogP contribution >= 0.6 is 11.8 Å². The summed E-state index contributed by atoms with van der Waals surface area (Å²) in [5, 5.41) is 5.87. The molecule has 0 unspecified atom stereocenters. The molecular formula is C23H27N5OS. The first kappa shape index (κ1) is 19.6. The molecule has 2 aliphatic heterocycles. The number of aromatic nitrogens is 3. The minimum atomic E-state index is 0.0358. The predicted octanol–water partition coefficient (Wildman–Crippen LogP) is 2.71. The van der Waals surface area contributed by atoms with E-state index in [0.29, 0.717) is 6.54 Å². The Morgan fingerprint density at radius 2 is 1.90 bits per heavy atom. The van der Waals surface area contributed by atoms with E-state index in [0.717, 1.165) is 73.1 Å². The SMILES string of the molecule is Cc1cc(N2CCN(CCn3nc4c(cc3=O)CSCC4)CC2)c2ccccc2n1. The van der Waals surface area contributed by atoms with Gasteiger partial charge in [0.25, 0.3) is 5.56 Å². The average Bonchev–Trinajstić information content (AvgIpc) is 2.77. The monoisotopic (exact) mass is 421 g/mol. The Balaban J connectivity index is 1.24. The van der Waals surface area contributed by atoms with Gasteiger partial charge in [-0.3, -0.25) is 14.7 Å². The van der Waals surface area contributed by atoms with Gasteiger partial charge in [0.1, 0.15) is 0 Å². The van der Waals surface area contributed by atoms with Crippen LogP contribution in [0.3, 0.4) is 0 Å². The van der Waals surface area contributed by atoms with Crippen LogP contribution in [0, 0.1) is 6.92 Å². The maximum Gasteiger partial charge on any atom is 0.267 e. The van der Waals surface area contributed by atoms with Crippen LogP contribution in [0.2, 0.25) is 0 Å². The van der Waals surface area contributed by atoms with Gasteiger partial charge in [0, 0.05) is 67.7 Å². The molecule has 0 atom stereocenters. The molecule has 2 aliphatic rings. The molecular weight excluding hydrogens is 394 g/mol. The summed E-state index contributed by atoms with van der Waals surface area (Å²) in [5.74, 6) is 2.02. The molecule has 0 N–H and O–H groups in total. The highest BCUT2D eigenvalue weighted by molar-refractivity contribution is 7.98. The lowest BCUT2D eigenvalue weighted by Crippen LogP contribution is -2.47. The van der Waals surface area contributed by atoms with Gasteiger partial charge in [-0.1, -0.05) is 18.2 Å². The van der Waals surface area contributed by atoms with Crippen molar-refractivity contribution in [1.29, 1.82) is 0 Å². The average molecular weight is 422 g/mol. The Morgan fingerprint density at radius 3 is 2.77 bits per heavy atom. The quantitative estimate of drug-likeness (QED) is 0.646. The summed E-state index contributed by atoms with van der Waals surface area (Å²) in [5.41, 5.74) is 5.67. The third kappa shape index (κ3) is 3.96. The number of para-hydroxylation sites is 1. The minimum absolute atomic E-state index is 0.0358. The topological polar surface area (TPSA) is 54.3 Å². The first-order valence-electron chi connectivity index (χ1n) is 10.7. The number of nitrogens with zero attached hydrogens (tertiary/aromatic N) is 5. The van der Waals surface area contributed by atoms with E-state index >= 15 is 0 Å². The summed E-state index contributed by atoms with van der Waals surface area (Å²) in [7, 11) is 0. The van der Waals surface area contributed by atoms with E-state index in [4.69, 9.17) is 0 Å². The van der Waals surface area contributed by atoms with Crippen molar-refractivity contribution < 1.29 is 0 Å². The number of hydrogen-bond donors (Lipinski definition) is 0. The fourth-order valence-corrected chi connectivity index (χ4v) is 5.36. The second-order valence-corrected chi connectivity index (χ2v) is 9.21. The van der Waals surface area contributed by atoms with Crippen molar-refractivity contribution in [3.8, 4) is 0 Å². The Bertz CT molecular complexity index is 1120. The Morgan fingerprint density at radius 1 is 1.07 bits per heavy atom. The Hall–Kier alpha value is -2.38. The van der Waals surface area contributed by atoms with Gasteiger partial charge >= 0.3 is 0 Å². The Labute approximate surface area is 180 Å². The van der Waals surface area contributed by atoms with Crippen molar-refractivity contribution in [2.75, 3.05) is 43.4 Å². The number of piperazine rings is 1. The van der Waals surface area contributed by atoms with Crippen LogP contribution < -0.4 is 10.5 Å². The molecule has 6 nitrogen and oxygen atoms in total. The number of benzene rings is 1. The number of pyridine rings is 1. The van der Waals surface area contributed by atoms with Crippen LogP contribution in [0.25, 0.3) is 10.9 Å². The van der Waals surface area contributed by atoms with Crippen molar-refractivity contribution >= 4 is 28.4 Å². The summed E-state index contributed by atoms with van der Waals surface area (Å²) in [6.07, 6.45) is 0.970.